The summed E-state index contributed by atoms with van der Waals surface area (Å²) in [5.74, 6) is -1.12. The first kappa shape index (κ1) is 15.0. The fourth-order valence-corrected chi connectivity index (χ4v) is 2.71. The van der Waals surface area contributed by atoms with E-state index in [0.717, 1.165) is 0 Å². The molecular formula is C13H9BrCl2N2O2. The lowest BCUT2D eigenvalue weighted by Gasteiger charge is -2.14. The smallest absolute Gasteiger partial charge is 0.337 e. The zero-order valence-electron chi connectivity index (χ0n) is 9.95. The van der Waals surface area contributed by atoms with Crippen molar-refractivity contribution >= 4 is 62.2 Å². The van der Waals surface area contributed by atoms with Crippen molar-refractivity contribution in [1.29, 1.82) is 0 Å². The minimum atomic E-state index is -1.12. The molecule has 0 saturated heterocycles. The number of carboxylic acid groups (broad SMARTS) is 1. The van der Waals surface area contributed by atoms with Crippen molar-refractivity contribution in [2.24, 2.45) is 0 Å². The molecule has 0 bridgehead atoms. The summed E-state index contributed by atoms with van der Waals surface area (Å²) in [6.07, 6.45) is 0. The highest BCUT2D eigenvalue weighted by Gasteiger charge is 2.16. The summed E-state index contributed by atoms with van der Waals surface area (Å²) in [6.45, 7) is 0. The first-order chi connectivity index (χ1) is 9.38. The molecule has 0 radical (unpaired) electrons. The fourth-order valence-electron chi connectivity index (χ4n) is 1.65. The maximum atomic E-state index is 11.3. The molecule has 0 aromatic heterocycles. The monoisotopic (exact) mass is 374 g/mol. The molecule has 0 aliphatic carbocycles. The van der Waals surface area contributed by atoms with E-state index < -0.39 is 5.97 Å². The molecule has 0 spiro atoms. The highest BCUT2D eigenvalue weighted by molar-refractivity contribution is 9.10. The third-order valence-corrected chi connectivity index (χ3v) is 3.72. The van der Waals surface area contributed by atoms with Crippen LogP contribution in [0.2, 0.25) is 10.0 Å². The van der Waals surface area contributed by atoms with E-state index in [2.05, 4.69) is 21.2 Å². The van der Waals surface area contributed by atoms with E-state index >= 15 is 0 Å². The third-order valence-electron chi connectivity index (χ3n) is 2.53. The van der Waals surface area contributed by atoms with Crippen LogP contribution in [0, 0.1) is 0 Å². The molecule has 2 aromatic carbocycles. The van der Waals surface area contributed by atoms with Gasteiger partial charge in [-0.1, -0.05) is 23.2 Å². The summed E-state index contributed by atoms with van der Waals surface area (Å²) in [6, 6.07) is 7.92. The van der Waals surface area contributed by atoms with Crippen molar-refractivity contribution in [1.82, 2.24) is 0 Å². The van der Waals surface area contributed by atoms with Gasteiger partial charge in [0.15, 0.2) is 0 Å². The first-order valence-electron chi connectivity index (χ1n) is 5.43. The van der Waals surface area contributed by atoms with Crippen molar-refractivity contribution in [2.75, 3.05) is 11.1 Å². The van der Waals surface area contributed by atoms with Gasteiger partial charge in [-0.2, -0.15) is 0 Å². The van der Waals surface area contributed by atoms with Crippen LogP contribution in [0.3, 0.4) is 0 Å². The molecule has 0 fully saturated rings. The lowest BCUT2D eigenvalue weighted by atomic mass is 10.1. The van der Waals surface area contributed by atoms with Crippen LogP contribution >= 0.6 is 39.1 Å². The second-order valence-electron chi connectivity index (χ2n) is 3.98. The average molecular weight is 376 g/mol. The summed E-state index contributed by atoms with van der Waals surface area (Å²) in [5, 5.41) is 13.0. The van der Waals surface area contributed by atoms with E-state index in [1.165, 1.54) is 12.1 Å². The number of hydrogen-bond donors (Lipinski definition) is 3. The van der Waals surface area contributed by atoms with Gasteiger partial charge in [-0.3, -0.25) is 0 Å². The van der Waals surface area contributed by atoms with Crippen LogP contribution in [0.5, 0.6) is 0 Å². The van der Waals surface area contributed by atoms with E-state index in [1.54, 1.807) is 18.2 Å². The molecule has 4 N–H and O–H groups in total. The van der Waals surface area contributed by atoms with Crippen molar-refractivity contribution in [3.63, 3.8) is 0 Å². The topological polar surface area (TPSA) is 75.3 Å². The molecule has 20 heavy (non-hydrogen) atoms. The highest BCUT2D eigenvalue weighted by Crippen LogP contribution is 2.35. The van der Waals surface area contributed by atoms with Gasteiger partial charge in [0.2, 0.25) is 0 Å². The van der Waals surface area contributed by atoms with E-state index in [0.29, 0.717) is 15.2 Å². The Hall–Kier alpha value is -1.43. The van der Waals surface area contributed by atoms with Gasteiger partial charge >= 0.3 is 5.97 Å². The molecule has 0 saturated carbocycles. The molecule has 7 heteroatoms. The number of rotatable bonds is 3. The van der Waals surface area contributed by atoms with Gasteiger partial charge in [-0.05, 0) is 46.3 Å². The number of anilines is 3. The van der Waals surface area contributed by atoms with E-state index in [4.69, 9.17) is 28.9 Å². The van der Waals surface area contributed by atoms with E-state index in [1.807, 2.05) is 0 Å². The summed E-state index contributed by atoms with van der Waals surface area (Å²) in [7, 11) is 0. The van der Waals surface area contributed by atoms with Gasteiger partial charge in [0.25, 0.3) is 0 Å². The minimum Gasteiger partial charge on any atom is -0.478 e. The number of halogens is 3. The normalized spacial score (nSPS) is 10.3. The second-order valence-corrected chi connectivity index (χ2v) is 5.68. The lowest BCUT2D eigenvalue weighted by Crippen LogP contribution is -2.05. The summed E-state index contributed by atoms with van der Waals surface area (Å²) < 4.78 is 0.689. The van der Waals surface area contributed by atoms with Crippen LogP contribution in [-0.4, -0.2) is 11.1 Å². The summed E-state index contributed by atoms with van der Waals surface area (Å²) in [4.78, 5) is 11.3. The standard InChI is InChI=1S/C13H9BrCl2N2O2/c14-9-3-6(15)1-2-11(9)18-12-8(13(19)20)4-7(17)5-10(12)16/h1-5,18H,17H2,(H,19,20). The average Bonchev–Trinajstić information content (AvgIpc) is 2.34. The predicted molar refractivity (Wildman–Crippen MR) is 85.3 cm³/mol. The van der Waals surface area contributed by atoms with E-state index in [9.17, 15) is 9.90 Å². The highest BCUT2D eigenvalue weighted by atomic mass is 79.9. The Morgan fingerprint density at radius 2 is 1.95 bits per heavy atom. The molecule has 0 heterocycles. The Kier molecular flexibility index (Phi) is 4.42. The van der Waals surface area contributed by atoms with Crippen molar-refractivity contribution in [2.45, 2.75) is 0 Å². The number of nitrogen functional groups attached to an aromatic ring is 1. The third kappa shape index (κ3) is 3.17. The molecule has 4 nitrogen and oxygen atoms in total. The SMILES string of the molecule is Nc1cc(Cl)c(Nc2ccc(Cl)cc2Br)c(C(=O)O)c1. The van der Waals surface area contributed by atoms with E-state index in [-0.39, 0.29) is 22.0 Å². The number of hydrogen-bond acceptors (Lipinski definition) is 3. The van der Waals surface area contributed by atoms with Crippen LogP contribution in [0.1, 0.15) is 10.4 Å². The Balaban J connectivity index is 2.50. The van der Waals surface area contributed by atoms with Crippen molar-refractivity contribution < 1.29 is 9.90 Å². The van der Waals surface area contributed by atoms with Crippen LogP contribution < -0.4 is 11.1 Å². The molecular weight excluding hydrogens is 367 g/mol. The number of carboxylic acids is 1. The molecule has 0 amide bonds. The van der Waals surface area contributed by atoms with Gasteiger partial charge < -0.3 is 16.2 Å². The van der Waals surface area contributed by atoms with Crippen LogP contribution in [0.15, 0.2) is 34.8 Å². The van der Waals surface area contributed by atoms with Gasteiger partial charge in [0.1, 0.15) is 0 Å². The molecule has 0 atom stereocenters. The van der Waals surface area contributed by atoms with Crippen molar-refractivity contribution in [3.05, 3.63) is 50.4 Å². The number of carbonyl (C=O) groups is 1. The second kappa shape index (κ2) is 5.91. The molecule has 2 aromatic rings. The molecule has 0 unspecified atom stereocenters. The Morgan fingerprint density at radius 3 is 2.55 bits per heavy atom. The molecule has 0 aliphatic heterocycles. The van der Waals surface area contributed by atoms with Crippen LogP contribution in [-0.2, 0) is 0 Å². The summed E-state index contributed by atoms with van der Waals surface area (Å²) >= 11 is 15.3. The number of nitrogens with two attached hydrogens (primary N) is 1. The summed E-state index contributed by atoms with van der Waals surface area (Å²) in [5.41, 5.74) is 6.81. The minimum absolute atomic E-state index is 0.00292. The predicted octanol–water partition coefficient (Wildman–Crippen LogP) is 4.78. The maximum absolute atomic E-state index is 11.3. The zero-order chi connectivity index (χ0) is 14.9. The lowest BCUT2D eigenvalue weighted by molar-refractivity contribution is 0.0698. The van der Waals surface area contributed by atoms with Crippen LogP contribution in [0.25, 0.3) is 0 Å². The maximum Gasteiger partial charge on any atom is 0.337 e. The van der Waals surface area contributed by atoms with Gasteiger partial charge in [-0.25, -0.2) is 4.79 Å². The fraction of sp³-hybridized carbons (Fsp3) is 0. The number of nitrogens with one attached hydrogen (secondary N) is 1. The molecule has 104 valence electrons. The largest absolute Gasteiger partial charge is 0.478 e. The number of benzene rings is 2. The molecule has 2 rings (SSSR count). The quantitative estimate of drug-likeness (QED) is 0.674. The Bertz CT molecular complexity index is 692. The zero-order valence-corrected chi connectivity index (χ0v) is 13.1. The van der Waals surface area contributed by atoms with Gasteiger partial charge in [-0.15, -0.1) is 0 Å². The Labute approximate surface area is 133 Å². The molecule has 0 aliphatic rings. The first-order valence-corrected chi connectivity index (χ1v) is 6.98. The van der Waals surface area contributed by atoms with Crippen molar-refractivity contribution in [3.8, 4) is 0 Å². The van der Waals surface area contributed by atoms with Crippen LogP contribution in [0.4, 0.5) is 17.1 Å². The Morgan fingerprint density at radius 1 is 1.25 bits per heavy atom. The van der Waals surface area contributed by atoms with Gasteiger partial charge in [0.05, 0.1) is 22.0 Å². The van der Waals surface area contributed by atoms with Gasteiger partial charge in [0, 0.05) is 15.2 Å². The number of aromatic carboxylic acids is 1.